The Morgan fingerprint density at radius 3 is 2.32 bits per heavy atom. The average Bonchev–Trinajstić information content (AvgIpc) is 2.63. The molecule has 4 heteroatoms. The number of halogens is 2. The highest BCUT2D eigenvalue weighted by atomic mass is 35.5. The first-order valence-corrected chi connectivity index (χ1v) is 8.33. The van der Waals surface area contributed by atoms with Gasteiger partial charge in [0.2, 0.25) is 5.91 Å². The van der Waals surface area contributed by atoms with Crippen LogP contribution in [0.4, 0.5) is 10.1 Å². The number of benzene rings is 3. The number of anilines is 1. The van der Waals surface area contributed by atoms with Gasteiger partial charge in [0, 0.05) is 16.3 Å². The standard InChI is InChI=1S/C21H17ClFNO/c1-14(21(25)24-18-10-8-17(22)9-11-18)16-7-12-19(20(23)13-16)15-5-3-2-4-6-15/h2-14H,1H3,(H,24,25). The molecule has 0 aliphatic carbocycles. The van der Waals surface area contributed by atoms with Gasteiger partial charge in [-0.25, -0.2) is 4.39 Å². The molecule has 3 rings (SSSR count). The van der Waals surface area contributed by atoms with E-state index >= 15 is 0 Å². The van der Waals surface area contributed by atoms with Crippen molar-refractivity contribution in [3.05, 3.63) is 89.2 Å². The molecule has 3 aromatic rings. The minimum Gasteiger partial charge on any atom is -0.326 e. The van der Waals surface area contributed by atoms with E-state index in [0.29, 0.717) is 21.8 Å². The maximum Gasteiger partial charge on any atom is 0.231 e. The smallest absolute Gasteiger partial charge is 0.231 e. The maximum absolute atomic E-state index is 14.5. The molecule has 3 aromatic carbocycles. The van der Waals surface area contributed by atoms with Gasteiger partial charge in [0.25, 0.3) is 0 Å². The van der Waals surface area contributed by atoms with E-state index in [1.807, 2.05) is 30.3 Å². The summed E-state index contributed by atoms with van der Waals surface area (Å²) >= 11 is 5.84. The van der Waals surface area contributed by atoms with Crippen LogP contribution in [-0.4, -0.2) is 5.91 Å². The Labute approximate surface area is 151 Å². The lowest BCUT2D eigenvalue weighted by Gasteiger charge is -2.14. The Bertz CT molecular complexity index is 878. The van der Waals surface area contributed by atoms with Crippen molar-refractivity contribution in [1.82, 2.24) is 0 Å². The average molecular weight is 354 g/mol. The van der Waals surface area contributed by atoms with Crippen LogP contribution >= 0.6 is 11.6 Å². The van der Waals surface area contributed by atoms with Crippen LogP contribution in [0.3, 0.4) is 0 Å². The summed E-state index contributed by atoms with van der Waals surface area (Å²) in [6, 6.07) is 21.1. The lowest BCUT2D eigenvalue weighted by Crippen LogP contribution is -2.19. The Kier molecular flexibility index (Phi) is 5.15. The first-order chi connectivity index (χ1) is 12.0. The molecular weight excluding hydrogens is 337 g/mol. The minimum absolute atomic E-state index is 0.200. The first kappa shape index (κ1) is 17.2. The molecular formula is C21H17ClFNO. The number of hydrogen-bond donors (Lipinski definition) is 1. The summed E-state index contributed by atoms with van der Waals surface area (Å²) in [6.45, 7) is 1.75. The molecule has 0 spiro atoms. The summed E-state index contributed by atoms with van der Waals surface area (Å²) in [4.78, 5) is 12.4. The third-order valence-corrected chi connectivity index (χ3v) is 4.33. The van der Waals surface area contributed by atoms with Crippen molar-refractivity contribution in [2.45, 2.75) is 12.8 Å². The lowest BCUT2D eigenvalue weighted by molar-refractivity contribution is -0.117. The van der Waals surface area contributed by atoms with Crippen LogP contribution in [0.1, 0.15) is 18.4 Å². The highest BCUT2D eigenvalue weighted by molar-refractivity contribution is 6.30. The zero-order valence-electron chi connectivity index (χ0n) is 13.7. The fourth-order valence-corrected chi connectivity index (χ4v) is 2.71. The molecule has 126 valence electrons. The van der Waals surface area contributed by atoms with E-state index in [4.69, 9.17) is 11.6 Å². The molecule has 0 saturated heterocycles. The molecule has 0 aliphatic rings. The summed E-state index contributed by atoms with van der Waals surface area (Å²) in [6.07, 6.45) is 0. The normalized spacial score (nSPS) is 11.8. The van der Waals surface area contributed by atoms with Crippen LogP contribution in [-0.2, 0) is 4.79 Å². The maximum atomic E-state index is 14.5. The van der Waals surface area contributed by atoms with Crippen molar-refractivity contribution >= 4 is 23.2 Å². The fraction of sp³-hybridized carbons (Fsp3) is 0.0952. The largest absolute Gasteiger partial charge is 0.326 e. The molecule has 0 aromatic heterocycles. The van der Waals surface area contributed by atoms with E-state index < -0.39 is 5.92 Å². The lowest BCUT2D eigenvalue weighted by atomic mass is 9.96. The third-order valence-electron chi connectivity index (χ3n) is 4.08. The Hall–Kier alpha value is -2.65. The van der Waals surface area contributed by atoms with Gasteiger partial charge in [0.1, 0.15) is 5.82 Å². The van der Waals surface area contributed by atoms with Crippen molar-refractivity contribution in [3.63, 3.8) is 0 Å². The summed E-state index contributed by atoms with van der Waals surface area (Å²) in [5, 5.41) is 3.41. The van der Waals surface area contributed by atoms with E-state index in [-0.39, 0.29) is 11.7 Å². The van der Waals surface area contributed by atoms with Gasteiger partial charge in [-0.2, -0.15) is 0 Å². The first-order valence-electron chi connectivity index (χ1n) is 7.96. The topological polar surface area (TPSA) is 29.1 Å². The highest BCUT2D eigenvalue weighted by Gasteiger charge is 2.17. The van der Waals surface area contributed by atoms with E-state index in [0.717, 1.165) is 5.56 Å². The number of rotatable bonds is 4. The summed E-state index contributed by atoms with van der Waals surface area (Å²) in [7, 11) is 0. The number of amides is 1. The van der Waals surface area contributed by atoms with Gasteiger partial charge in [-0.1, -0.05) is 54.1 Å². The van der Waals surface area contributed by atoms with Gasteiger partial charge in [0.15, 0.2) is 0 Å². The van der Waals surface area contributed by atoms with Crippen LogP contribution in [0.15, 0.2) is 72.8 Å². The zero-order valence-corrected chi connectivity index (χ0v) is 14.4. The van der Waals surface area contributed by atoms with Crippen molar-refractivity contribution < 1.29 is 9.18 Å². The van der Waals surface area contributed by atoms with Crippen molar-refractivity contribution in [2.24, 2.45) is 0 Å². The second-order valence-corrected chi connectivity index (χ2v) is 6.26. The Balaban J connectivity index is 1.78. The van der Waals surface area contributed by atoms with Crippen molar-refractivity contribution in [2.75, 3.05) is 5.32 Å². The van der Waals surface area contributed by atoms with Gasteiger partial charge in [-0.3, -0.25) is 4.79 Å². The Morgan fingerprint density at radius 1 is 1.00 bits per heavy atom. The number of nitrogens with one attached hydrogen (secondary N) is 1. The Morgan fingerprint density at radius 2 is 1.68 bits per heavy atom. The van der Waals surface area contributed by atoms with Crippen LogP contribution in [0, 0.1) is 5.82 Å². The van der Waals surface area contributed by atoms with E-state index in [2.05, 4.69) is 5.32 Å². The summed E-state index contributed by atoms with van der Waals surface area (Å²) < 4.78 is 14.5. The van der Waals surface area contributed by atoms with Gasteiger partial charge in [0.05, 0.1) is 5.92 Å². The quantitative estimate of drug-likeness (QED) is 0.622. The van der Waals surface area contributed by atoms with Gasteiger partial charge in [-0.05, 0) is 48.4 Å². The van der Waals surface area contributed by atoms with Crippen LogP contribution < -0.4 is 5.32 Å². The molecule has 0 aliphatic heterocycles. The van der Waals surface area contributed by atoms with Crippen LogP contribution in [0.25, 0.3) is 11.1 Å². The molecule has 1 atom stereocenters. The molecule has 0 radical (unpaired) electrons. The zero-order chi connectivity index (χ0) is 17.8. The van der Waals surface area contributed by atoms with Crippen molar-refractivity contribution in [3.8, 4) is 11.1 Å². The predicted molar refractivity (Wildman–Crippen MR) is 100 cm³/mol. The van der Waals surface area contributed by atoms with E-state index in [1.54, 1.807) is 43.3 Å². The third kappa shape index (κ3) is 4.06. The van der Waals surface area contributed by atoms with E-state index in [9.17, 15) is 9.18 Å². The minimum atomic E-state index is -0.477. The number of hydrogen-bond acceptors (Lipinski definition) is 1. The van der Waals surface area contributed by atoms with Gasteiger partial charge in [-0.15, -0.1) is 0 Å². The number of carbonyl (C=O) groups is 1. The second-order valence-electron chi connectivity index (χ2n) is 5.82. The summed E-state index contributed by atoms with van der Waals surface area (Å²) in [5.41, 5.74) is 2.62. The molecule has 0 fully saturated rings. The number of carbonyl (C=O) groups excluding carboxylic acids is 1. The van der Waals surface area contributed by atoms with Crippen molar-refractivity contribution in [1.29, 1.82) is 0 Å². The van der Waals surface area contributed by atoms with Crippen LogP contribution in [0.5, 0.6) is 0 Å². The monoisotopic (exact) mass is 353 g/mol. The molecule has 1 amide bonds. The fourth-order valence-electron chi connectivity index (χ4n) is 2.59. The SMILES string of the molecule is CC(C(=O)Nc1ccc(Cl)cc1)c1ccc(-c2ccccc2)c(F)c1. The molecule has 0 bridgehead atoms. The predicted octanol–water partition coefficient (Wildman–Crippen LogP) is 5.89. The van der Waals surface area contributed by atoms with Gasteiger partial charge < -0.3 is 5.32 Å². The molecule has 1 N–H and O–H groups in total. The molecule has 1 unspecified atom stereocenters. The highest BCUT2D eigenvalue weighted by Crippen LogP contribution is 2.27. The molecule has 0 saturated carbocycles. The van der Waals surface area contributed by atoms with Crippen LogP contribution in [0.2, 0.25) is 5.02 Å². The summed E-state index contributed by atoms with van der Waals surface area (Å²) in [5.74, 6) is -1.01. The molecule has 2 nitrogen and oxygen atoms in total. The van der Waals surface area contributed by atoms with E-state index in [1.165, 1.54) is 6.07 Å². The second kappa shape index (κ2) is 7.49. The molecule has 0 heterocycles. The molecule has 25 heavy (non-hydrogen) atoms. The van der Waals surface area contributed by atoms with Gasteiger partial charge >= 0.3 is 0 Å².